The molecule has 2 aliphatic heterocycles. The lowest BCUT2D eigenvalue weighted by Crippen LogP contribution is -2.48. The van der Waals surface area contributed by atoms with E-state index in [2.05, 4.69) is 5.32 Å². The molecule has 110 valence electrons. The molecule has 0 aromatic heterocycles. The average molecular weight is 269 g/mol. The predicted molar refractivity (Wildman–Crippen MR) is 73.1 cm³/mol. The van der Waals surface area contributed by atoms with Crippen molar-refractivity contribution in [1.82, 2.24) is 5.32 Å². The van der Waals surface area contributed by atoms with Crippen LogP contribution in [0.2, 0.25) is 0 Å². The van der Waals surface area contributed by atoms with Gasteiger partial charge in [-0.3, -0.25) is 0 Å². The third-order valence-corrected chi connectivity index (χ3v) is 5.01. The Morgan fingerprint density at radius 1 is 1.21 bits per heavy atom. The van der Waals surface area contributed by atoms with Crippen LogP contribution < -0.4 is 5.32 Å². The monoisotopic (exact) mass is 269 g/mol. The Morgan fingerprint density at radius 2 is 2.16 bits per heavy atom. The molecule has 1 spiro atoms. The molecule has 4 heteroatoms. The molecule has 1 saturated carbocycles. The zero-order chi connectivity index (χ0) is 13.1. The van der Waals surface area contributed by atoms with Crippen molar-refractivity contribution < 1.29 is 14.6 Å². The van der Waals surface area contributed by atoms with Gasteiger partial charge in [0.2, 0.25) is 0 Å². The molecule has 1 aliphatic carbocycles. The summed E-state index contributed by atoms with van der Waals surface area (Å²) < 4.78 is 11.5. The van der Waals surface area contributed by atoms with Crippen molar-refractivity contribution in [3.63, 3.8) is 0 Å². The van der Waals surface area contributed by atoms with Gasteiger partial charge < -0.3 is 19.9 Å². The number of ether oxygens (including phenoxy) is 2. The summed E-state index contributed by atoms with van der Waals surface area (Å²) in [6.07, 6.45) is 7.59. The Hall–Kier alpha value is -0.160. The zero-order valence-corrected chi connectivity index (χ0v) is 11.8. The van der Waals surface area contributed by atoms with Gasteiger partial charge in [-0.15, -0.1) is 0 Å². The molecule has 4 atom stereocenters. The van der Waals surface area contributed by atoms with E-state index in [0.29, 0.717) is 12.0 Å². The van der Waals surface area contributed by atoms with Gasteiger partial charge in [0.15, 0.2) is 0 Å². The normalized spacial score (nSPS) is 43.7. The van der Waals surface area contributed by atoms with Gasteiger partial charge in [0.1, 0.15) is 0 Å². The van der Waals surface area contributed by atoms with E-state index in [9.17, 15) is 5.11 Å². The molecule has 2 N–H and O–H groups in total. The summed E-state index contributed by atoms with van der Waals surface area (Å²) >= 11 is 0. The summed E-state index contributed by atoms with van der Waals surface area (Å²) in [5.41, 5.74) is 0.00198. The molecule has 3 aliphatic rings. The van der Waals surface area contributed by atoms with Crippen LogP contribution in [0, 0.1) is 5.92 Å². The molecule has 0 aromatic carbocycles. The fourth-order valence-corrected chi connectivity index (χ4v) is 3.85. The number of aliphatic hydroxyl groups excluding tert-OH is 1. The molecule has 0 aromatic rings. The van der Waals surface area contributed by atoms with Crippen molar-refractivity contribution in [1.29, 1.82) is 0 Å². The molecule has 4 nitrogen and oxygen atoms in total. The highest BCUT2D eigenvalue weighted by Crippen LogP contribution is 2.33. The summed E-state index contributed by atoms with van der Waals surface area (Å²) in [6, 6.07) is 0.564. The van der Waals surface area contributed by atoms with Crippen LogP contribution in [0.5, 0.6) is 0 Å². The summed E-state index contributed by atoms with van der Waals surface area (Å²) in [7, 11) is 0. The number of aliphatic hydroxyl groups is 1. The molecule has 0 amide bonds. The van der Waals surface area contributed by atoms with Crippen LogP contribution >= 0.6 is 0 Å². The fraction of sp³-hybridized carbons (Fsp3) is 1.00. The fourth-order valence-electron chi connectivity index (χ4n) is 3.85. The van der Waals surface area contributed by atoms with E-state index in [4.69, 9.17) is 9.47 Å². The molecule has 3 fully saturated rings. The number of hydrogen-bond donors (Lipinski definition) is 2. The molecule has 2 heterocycles. The maximum Gasteiger partial charge on any atom is 0.0951 e. The van der Waals surface area contributed by atoms with Crippen LogP contribution in [0.1, 0.15) is 44.9 Å². The third-order valence-electron chi connectivity index (χ3n) is 5.01. The van der Waals surface area contributed by atoms with E-state index >= 15 is 0 Å². The maximum atomic E-state index is 9.72. The topological polar surface area (TPSA) is 50.7 Å². The first-order valence-corrected chi connectivity index (χ1v) is 7.89. The van der Waals surface area contributed by atoms with Crippen LogP contribution in [0.3, 0.4) is 0 Å². The smallest absolute Gasteiger partial charge is 0.0951 e. The standard InChI is InChI=1S/C15H27NO3/c17-14-3-1-2-12(8-14)10-16-13-4-6-19-15(9-13)5-7-18-11-15/h12-14,16-17H,1-11H2. The van der Waals surface area contributed by atoms with Gasteiger partial charge in [-0.25, -0.2) is 0 Å². The van der Waals surface area contributed by atoms with Crippen molar-refractivity contribution >= 4 is 0 Å². The summed E-state index contributed by atoms with van der Waals surface area (Å²) in [5, 5.41) is 13.4. The largest absolute Gasteiger partial charge is 0.393 e. The van der Waals surface area contributed by atoms with Crippen molar-refractivity contribution in [3.8, 4) is 0 Å². The Balaban J connectivity index is 1.44. The van der Waals surface area contributed by atoms with Crippen molar-refractivity contribution in [2.45, 2.75) is 62.7 Å². The van der Waals surface area contributed by atoms with Crippen LogP contribution in [-0.4, -0.2) is 49.2 Å². The van der Waals surface area contributed by atoms with E-state index in [0.717, 1.165) is 58.5 Å². The molecule has 4 unspecified atom stereocenters. The predicted octanol–water partition coefficient (Wildman–Crippen LogP) is 1.47. The number of nitrogens with one attached hydrogen (secondary N) is 1. The van der Waals surface area contributed by atoms with E-state index in [1.54, 1.807) is 0 Å². The summed E-state index contributed by atoms with van der Waals surface area (Å²) in [5.74, 6) is 0.655. The van der Waals surface area contributed by atoms with Crippen molar-refractivity contribution in [3.05, 3.63) is 0 Å². The van der Waals surface area contributed by atoms with E-state index < -0.39 is 0 Å². The first-order valence-electron chi connectivity index (χ1n) is 7.89. The van der Waals surface area contributed by atoms with E-state index in [1.165, 1.54) is 12.8 Å². The van der Waals surface area contributed by atoms with Gasteiger partial charge in [0.05, 0.1) is 18.3 Å². The highest BCUT2D eigenvalue weighted by molar-refractivity contribution is 4.93. The zero-order valence-electron chi connectivity index (χ0n) is 11.8. The van der Waals surface area contributed by atoms with Crippen molar-refractivity contribution in [2.75, 3.05) is 26.4 Å². The van der Waals surface area contributed by atoms with Gasteiger partial charge in [0, 0.05) is 25.7 Å². The molecular formula is C15H27NO3. The summed E-state index contributed by atoms with van der Waals surface area (Å²) in [4.78, 5) is 0. The molecule has 0 radical (unpaired) electrons. The average Bonchev–Trinajstić information content (AvgIpc) is 2.85. The molecular weight excluding hydrogens is 242 g/mol. The van der Waals surface area contributed by atoms with Gasteiger partial charge in [-0.1, -0.05) is 6.42 Å². The van der Waals surface area contributed by atoms with Gasteiger partial charge >= 0.3 is 0 Å². The van der Waals surface area contributed by atoms with Gasteiger partial charge in [-0.2, -0.15) is 0 Å². The Bertz CT molecular complexity index is 291. The first kappa shape index (κ1) is 13.8. The van der Waals surface area contributed by atoms with Gasteiger partial charge in [0.25, 0.3) is 0 Å². The molecule has 2 saturated heterocycles. The highest BCUT2D eigenvalue weighted by Gasteiger charge is 2.40. The highest BCUT2D eigenvalue weighted by atomic mass is 16.6. The minimum Gasteiger partial charge on any atom is -0.393 e. The van der Waals surface area contributed by atoms with Crippen LogP contribution in [-0.2, 0) is 9.47 Å². The molecule has 19 heavy (non-hydrogen) atoms. The quantitative estimate of drug-likeness (QED) is 0.814. The lowest BCUT2D eigenvalue weighted by molar-refractivity contribution is -0.0897. The Morgan fingerprint density at radius 3 is 2.95 bits per heavy atom. The number of hydrogen-bond acceptors (Lipinski definition) is 4. The third kappa shape index (κ3) is 3.48. The lowest BCUT2D eigenvalue weighted by atomic mass is 9.86. The minimum absolute atomic E-state index is 0.00198. The van der Waals surface area contributed by atoms with E-state index in [1.807, 2.05) is 0 Å². The summed E-state index contributed by atoms with van der Waals surface area (Å²) in [6.45, 7) is 3.53. The van der Waals surface area contributed by atoms with Crippen molar-refractivity contribution in [2.24, 2.45) is 5.92 Å². The maximum absolute atomic E-state index is 9.72. The molecule has 0 bridgehead atoms. The minimum atomic E-state index is -0.0650. The first-order chi connectivity index (χ1) is 9.26. The second-order valence-electron chi connectivity index (χ2n) is 6.62. The second-order valence-corrected chi connectivity index (χ2v) is 6.62. The van der Waals surface area contributed by atoms with Crippen LogP contribution in [0.15, 0.2) is 0 Å². The number of rotatable bonds is 3. The second kappa shape index (κ2) is 6.08. The Labute approximate surface area is 115 Å². The molecule has 3 rings (SSSR count). The van der Waals surface area contributed by atoms with Crippen LogP contribution in [0.4, 0.5) is 0 Å². The van der Waals surface area contributed by atoms with Gasteiger partial charge in [-0.05, 0) is 44.6 Å². The SMILES string of the molecule is OC1CCCC(CNC2CCOC3(CCOC3)C2)C1. The lowest BCUT2D eigenvalue weighted by Gasteiger charge is -2.38. The van der Waals surface area contributed by atoms with E-state index in [-0.39, 0.29) is 11.7 Å². The Kier molecular flexibility index (Phi) is 4.42. The van der Waals surface area contributed by atoms with Crippen LogP contribution in [0.25, 0.3) is 0 Å².